The van der Waals surface area contributed by atoms with Gasteiger partial charge in [-0.1, -0.05) is 18.2 Å². The highest BCUT2D eigenvalue weighted by Gasteiger charge is 2.65. The minimum Gasteiger partial charge on any atom is -0.413 e. The van der Waals surface area contributed by atoms with Gasteiger partial charge in [0.1, 0.15) is 47.1 Å². The van der Waals surface area contributed by atoms with Crippen molar-refractivity contribution in [3.8, 4) is 5.75 Å². The highest BCUT2D eigenvalue weighted by molar-refractivity contribution is 7.52. The van der Waals surface area contributed by atoms with Gasteiger partial charge in [0.25, 0.3) is 0 Å². The molecule has 5 rings (SSSR count). The number of anilines is 1. The number of rotatable bonds is 9. The molecule has 210 valence electrons. The van der Waals surface area contributed by atoms with Crippen molar-refractivity contribution in [2.24, 2.45) is 0 Å². The summed E-state index contributed by atoms with van der Waals surface area (Å²) in [6.07, 6.45) is 0.344. The van der Waals surface area contributed by atoms with E-state index in [1.165, 1.54) is 13.3 Å². The molecule has 0 saturated carbocycles. The maximum atomic E-state index is 14.0. The fraction of sp³-hybridized carbons (Fsp3) is 0.500. The van der Waals surface area contributed by atoms with E-state index in [1.54, 1.807) is 38.1 Å². The van der Waals surface area contributed by atoms with Crippen LogP contribution in [0.2, 0.25) is 0 Å². The molecule has 1 aromatic carbocycles. The molecule has 7 atom stereocenters. The van der Waals surface area contributed by atoms with Crippen LogP contribution in [0.15, 0.2) is 48.9 Å². The van der Waals surface area contributed by atoms with Crippen molar-refractivity contribution in [2.45, 2.75) is 83.5 Å². The molecule has 0 radical (unpaired) electrons. The first-order valence-corrected chi connectivity index (χ1v) is 14.3. The van der Waals surface area contributed by atoms with Crippen LogP contribution in [0.1, 0.15) is 47.8 Å². The molecule has 12 nitrogen and oxygen atoms in total. The second-order valence-corrected chi connectivity index (χ2v) is 12.2. The maximum Gasteiger partial charge on any atom is 0.459 e. The molecule has 2 aliphatic heterocycles. The maximum absolute atomic E-state index is 14.0. The number of hydrogen-bond acceptors (Lipinski definition) is 10. The Balaban J connectivity index is 1.47. The number of carbonyl (C=O) groups is 1. The fourth-order valence-electron chi connectivity index (χ4n) is 5.16. The van der Waals surface area contributed by atoms with E-state index in [-0.39, 0.29) is 5.78 Å². The largest absolute Gasteiger partial charge is 0.459 e. The minimum atomic E-state index is -4.07. The molecular weight excluding hydrogens is 525 g/mol. The Morgan fingerprint density at radius 2 is 1.90 bits per heavy atom. The summed E-state index contributed by atoms with van der Waals surface area (Å²) in [6.45, 7) is 10.3. The number of nitrogens with one attached hydrogen (secondary N) is 1. The monoisotopic (exact) mass is 559 g/mol. The zero-order valence-corrected chi connectivity index (χ0v) is 23.6. The van der Waals surface area contributed by atoms with Crippen LogP contribution in [-0.4, -0.2) is 56.1 Å². The molecule has 2 aromatic heterocycles. The summed E-state index contributed by atoms with van der Waals surface area (Å²) < 4.78 is 47.0. The van der Waals surface area contributed by atoms with E-state index < -0.39 is 49.7 Å². The van der Waals surface area contributed by atoms with Crippen molar-refractivity contribution in [1.29, 1.82) is 0 Å². The predicted molar refractivity (Wildman–Crippen MR) is 143 cm³/mol. The van der Waals surface area contributed by atoms with Gasteiger partial charge in [-0.2, -0.15) is 0 Å². The highest BCUT2D eigenvalue weighted by Crippen LogP contribution is 2.54. The van der Waals surface area contributed by atoms with Crippen LogP contribution in [0.25, 0.3) is 11.0 Å². The molecule has 4 heterocycles. The molecule has 3 N–H and O–H groups in total. The first-order valence-electron chi connectivity index (χ1n) is 12.7. The Morgan fingerprint density at radius 3 is 2.59 bits per heavy atom. The van der Waals surface area contributed by atoms with Crippen LogP contribution >= 0.6 is 7.75 Å². The Kier molecular flexibility index (Phi) is 7.07. The third kappa shape index (κ3) is 5.20. The molecule has 13 heteroatoms. The summed E-state index contributed by atoms with van der Waals surface area (Å²) in [5.41, 5.74) is 5.67. The summed E-state index contributed by atoms with van der Waals surface area (Å²) in [6, 6.07) is 9.64. The molecule has 3 aromatic rings. The van der Waals surface area contributed by atoms with Crippen LogP contribution in [0, 0.1) is 0 Å². The molecule has 0 aliphatic carbocycles. The molecule has 2 unspecified atom stereocenters. The molecule has 2 fully saturated rings. The van der Waals surface area contributed by atoms with Crippen molar-refractivity contribution >= 4 is 30.4 Å². The van der Waals surface area contributed by atoms with E-state index in [4.69, 9.17) is 29.0 Å². The minimum absolute atomic E-state index is 0.220. The molecule has 2 saturated heterocycles. The summed E-state index contributed by atoms with van der Waals surface area (Å²) in [5.74, 6) is -0.477. The van der Waals surface area contributed by atoms with Crippen LogP contribution in [0.4, 0.5) is 5.82 Å². The van der Waals surface area contributed by atoms with Gasteiger partial charge in [0, 0.05) is 6.20 Å². The van der Waals surface area contributed by atoms with E-state index in [0.717, 1.165) is 0 Å². The van der Waals surface area contributed by atoms with Gasteiger partial charge in [0.2, 0.25) is 0 Å². The smallest absolute Gasteiger partial charge is 0.413 e. The number of carbonyl (C=O) groups excluding carboxylic acids is 1. The van der Waals surface area contributed by atoms with Gasteiger partial charge < -0.3 is 29.0 Å². The average Bonchev–Trinajstić information content (AvgIpc) is 3.46. The van der Waals surface area contributed by atoms with Gasteiger partial charge in [-0.05, 0) is 59.7 Å². The Labute approximate surface area is 226 Å². The number of fused-ring (bicyclic) bond motifs is 2. The zero-order chi connectivity index (χ0) is 28.2. The molecular formula is C26H34N5O7P. The first kappa shape index (κ1) is 27.7. The number of aromatic nitrogens is 3. The number of benzene rings is 1. The third-order valence-electron chi connectivity index (χ3n) is 7.01. The van der Waals surface area contributed by atoms with Crippen molar-refractivity contribution in [3.05, 3.63) is 48.9 Å². The van der Waals surface area contributed by atoms with E-state index in [9.17, 15) is 9.36 Å². The standard InChI is InChI=1S/C26H34N5O7P/c1-15(16(2)32)30-39(33,37-18-10-8-7-9-11-18)36-17(3)20-21-26(6,38-25(4,5)35-21)24(34-20)31-13-12-19-22(27)28-14-29-23(19)31/h7-15,17,20-21,24H,1-6H3,(H,30,33)(H2,27,28,29)/t15-,17?,20+,21+,24+,26+,39?/m0/s1. The second-order valence-electron chi connectivity index (χ2n) is 10.6. The van der Waals surface area contributed by atoms with Gasteiger partial charge in [-0.3, -0.25) is 9.32 Å². The fourth-order valence-corrected chi connectivity index (χ4v) is 6.93. The normalized spacial score (nSPS) is 29.0. The van der Waals surface area contributed by atoms with Crippen molar-refractivity contribution in [2.75, 3.05) is 5.73 Å². The lowest BCUT2D eigenvalue weighted by Crippen LogP contribution is -2.44. The molecule has 39 heavy (non-hydrogen) atoms. The highest BCUT2D eigenvalue weighted by atomic mass is 31.2. The molecule has 2 aliphatic rings. The number of Topliss-reactive ketones (excluding diaryl/α,β-unsaturated/α-hetero) is 1. The SMILES string of the molecule is CC(=O)[C@H](C)NP(=O)(Oc1ccccc1)OC(C)[C@H]1O[C@@H](n2ccc3c(N)ncnc32)[C@]2(C)OC(C)(C)O[C@H]12. The van der Waals surface area contributed by atoms with Gasteiger partial charge >= 0.3 is 7.75 Å². The summed E-state index contributed by atoms with van der Waals surface area (Å²) in [5, 5.41) is 3.42. The van der Waals surface area contributed by atoms with Gasteiger partial charge in [-0.25, -0.2) is 19.6 Å². The van der Waals surface area contributed by atoms with E-state index in [1.807, 2.05) is 43.7 Å². The lowest BCUT2D eigenvalue weighted by atomic mass is 9.94. The zero-order valence-electron chi connectivity index (χ0n) is 22.7. The number of ketones is 1. The summed E-state index contributed by atoms with van der Waals surface area (Å²) in [4.78, 5) is 20.5. The van der Waals surface area contributed by atoms with Crippen LogP contribution < -0.4 is 15.3 Å². The number of nitrogens with two attached hydrogens (primary N) is 1. The topological polar surface area (TPSA) is 149 Å². The van der Waals surface area contributed by atoms with Crippen LogP contribution in [-0.2, 0) is 28.1 Å². The lowest BCUT2D eigenvalue weighted by molar-refractivity contribution is -0.220. The van der Waals surface area contributed by atoms with Crippen LogP contribution in [0.3, 0.4) is 0 Å². The third-order valence-corrected chi connectivity index (χ3v) is 8.77. The Bertz CT molecular complexity index is 1420. The molecule has 0 amide bonds. The van der Waals surface area contributed by atoms with Crippen molar-refractivity contribution < 1.29 is 32.6 Å². The van der Waals surface area contributed by atoms with E-state index in [0.29, 0.717) is 22.6 Å². The first-order chi connectivity index (χ1) is 18.3. The number of ether oxygens (including phenoxy) is 3. The lowest BCUT2D eigenvalue weighted by Gasteiger charge is -2.31. The Morgan fingerprint density at radius 1 is 1.18 bits per heavy atom. The average molecular weight is 560 g/mol. The van der Waals surface area contributed by atoms with Gasteiger partial charge in [-0.15, -0.1) is 0 Å². The molecule has 0 bridgehead atoms. The van der Waals surface area contributed by atoms with Gasteiger partial charge in [0.05, 0.1) is 17.5 Å². The van der Waals surface area contributed by atoms with Gasteiger partial charge in [0.15, 0.2) is 12.0 Å². The molecule has 0 spiro atoms. The number of hydrogen-bond donors (Lipinski definition) is 2. The number of nitrogens with zero attached hydrogens (tertiary/aromatic N) is 3. The summed E-state index contributed by atoms with van der Waals surface area (Å²) >= 11 is 0. The number of para-hydroxylation sites is 1. The van der Waals surface area contributed by atoms with E-state index >= 15 is 0 Å². The quantitative estimate of drug-likeness (QED) is 0.367. The second kappa shape index (κ2) is 9.96. The van der Waals surface area contributed by atoms with Crippen molar-refractivity contribution in [3.63, 3.8) is 0 Å². The van der Waals surface area contributed by atoms with Crippen LogP contribution in [0.5, 0.6) is 5.75 Å². The Hall–Kier alpha value is -2.86. The predicted octanol–water partition coefficient (Wildman–Crippen LogP) is 3.98. The summed E-state index contributed by atoms with van der Waals surface area (Å²) in [7, 11) is -4.07. The van der Waals surface area contributed by atoms with E-state index in [2.05, 4.69) is 15.1 Å². The number of nitrogen functional groups attached to an aromatic ring is 1. The van der Waals surface area contributed by atoms with Crippen molar-refractivity contribution in [1.82, 2.24) is 19.6 Å².